The molecule has 0 aromatic carbocycles. The fourth-order valence-electron chi connectivity index (χ4n) is 4.08. The van der Waals surface area contributed by atoms with Gasteiger partial charge in [-0.3, -0.25) is 0 Å². The van der Waals surface area contributed by atoms with Crippen molar-refractivity contribution in [2.75, 3.05) is 62.3 Å². The van der Waals surface area contributed by atoms with Crippen LogP contribution in [0.4, 0.5) is 16.4 Å². The average molecular weight is 491 g/mol. The Bertz CT molecular complexity index is 1180. The molecule has 0 N–H and O–H groups in total. The number of rotatable bonds is 2. The minimum absolute atomic E-state index is 0.212. The van der Waals surface area contributed by atoms with Crippen LogP contribution < -0.4 is 9.80 Å². The molecule has 0 atom stereocenters. The van der Waals surface area contributed by atoms with Gasteiger partial charge in [0.2, 0.25) is 5.28 Å². The van der Waals surface area contributed by atoms with Crippen LogP contribution in [-0.4, -0.2) is 84.0 Å². The normalized spacial score (nSPS) is 17.8. The van der Waals surface area contributed by atoms with Gasteiger partial charge in [-0.2, -0.15) is 4.98 Å². The summed E-state index contributed by atoms with van der Waals surface area (Å²) in [7, 11) is 0. The third kappa shape index (κ3) is 4.64. The third-order valence-corrected chi connectivity index (χ3v) is 6.94. The average Bonchev–Trinajstić information content (AvgIpc) is 3.16. The number of piperazine rings is 1. The molecule has 0 spiro atoms. The number of amides is 1. The lowest BCUT2D eigenvalue weighted by Crippen LogP contribution is -2.50. The first-order valence-corrected chi connectivity index (χ1v) is 12.3. The van der Waals surface area contributed by atoms with Gasteiger partial charge in [0.25, 0.3) is 0 Å². The summed E-state index contributed by atoms with van der Waals surface area (Å²) in [5, 5.41) is 1.19. The predicted molar refractivity (Wildman–Crippen MR) is 131 cm³/mol. The Balaban J connectivity index is 1.42. The monoisotopic (exact) mass is 490 g/mol. The van der Waals surface area contributed by atoms with Gasteiger partial charge in [0.1, 0.15) is 16.2 Å². The molecule has 0 bridgehead atoms. The first-order valence-electron chi connectivity index (χ1n) is 11.1. The van der Waals surface area contributed by atoms with Crippen molar-refractivity contribution in [2.24, 2.45) is 0 Å². The van der Waals surface area contributed by atoms with Crippen molar-refractivity contribution >= 4 is 61.1 Å². The molecular formula is C22H27ClN6O3S. The van der Waals surface area contributed by atoms with Crippen molar-refractivity contribution in [3.63, 3.8) is 0 Å². The van der Waals surface area contributed by atoms with Gasteiger partial charge in [-0.25, -0.2) is 14.8 Å². The van der Waals surface area contributed by atoms with Crippen LogP contribution in [0.25, 0.3) is 20.4 Å². The number of ether oxygens (including phenoxy) is 2. The molecule has 2 aliphatic rings. The highest BCUT2D eigenvalue weighted by atomic mass is 35.5. The fourth-order valence-corrected chi connectivity index (χ4v) is 5.37. The lowest BCUT2D eigenvalue weighted by Gasteiger charge is -2.36. The van der Waals surface area contributed by atoms with E-state index in [0.29, 0.717) is 39.4 Å². The Morgan fingerprint density at radius 2 is 1.76 bits per heavy atom. The minimum Gasteiger partial charge on any atom is -0.444 e. The highest BCUT2D eigenvalue weighted by Crippen LogP contribution is 2.38. The summed E-state index contributed by atoms with van der Waals surface area (Å²) in [4.78, 5) is 33.5. The molecule has 0 unspecified atom stereocenters. The zero-order chi connectivity index (χ0) is 23.2. The molecule has 2 saturated heterocycles. The number of nitrogens with zero attached hydrogens (tertiary/aromatic N) is 6. The van der Waals surface area contributed by atoms with Crippen molar-refractivity contribution in [3.8, 4) is 0 Å². The number of carbonyl (C=O) groups is 1. The van der Waals surface area contributed by atoms with Crippen LogP contribution in [0.15, 0.2) is 12.1 Å². The van der Waals surface area contributed by atoms with E-state index in [1.165, 1.54) is 0 Å². The molecule has 0 radical (unpaired) electrons. The van der Waals surface area contributed by atoms with Crippen molar-refractivity contribution in [1.29, 1.82) is 0 Å². The number of pyridine rings is 1. The maximum atomic E-state index is 12.4. The largest absolute Gasteiger partial charge is 0.444 e. The number of fused-ring (bicyclic) bond motifs is 3. The number of halogens is 1. The molecule has 1 amide bonds. The summed E-state index contributed by atoms with van der Waals surface area (Å²) in [5.41, 5.74) is 0.311. The lowest BCUT2D eigenvalue weighted by atomic mass is 10.2. The van der Waals surface area contributed by atoms with Crippen molar-refractivity contribution in [1.82, 2.24) is 19.9 Å². The number of morpholine rings is 1. The zero-order valence-electron chi connectivity index (χ0n) is 19.0. The van der Waals surface area contributed by atoms with Gasteiger partial charge in [0.05, 0.1) is 23.4 Å². The molecule has 0 saturated carbocycles. The van der Waals surface area contributed by atoms with E-state index >= 15 is 0 Å². The number of carbonyl (C=O) groups excluding carboxylic acids is 1. The van der Waals surface area contributed by atoms with Crippen LogP contribution in [0.5, 0.6) is 0 Å². The minimum atomic E-state index is -0.509. The summed E-state index contributed by atoms with van der Waals surface area (Å²) in [5.74, 6) is 1.74. The molecule has 3 aromatic rings. The standard InChI is InChI=1S/C22H27ClN6O3S/c1-22(2,3)32-21(30)29-8-6-28(7-9-29)18-17-16(25-20(23)26-18)14-4-5-15(24-19(14)33-17)27-10-12-31-13-11-27/h4-5H,6-13H2,1-3H3. The van der Waals surface area contributed by atoms with Gasteiger partial charge in [0.15, 0.2) is 5.82 Å². The Morgan fingerprint density at radius 3 is 2.45 bits per heavy atom. The van der Waals surface area contributed by atoms with Crippen LogP contribution in [0, 0.1) is 0 Å². The number of hydrogen-bond acceptors (Lipinski definition) is 9. The molecule has 5 rings (SSSR count). The summed E-state index contributed by atoms with van der Waals surface area (Å²) in [6.07, 6.45) is -0.283. The lowest BCUT2D eigenvalue weighted by molar-refractivity contribution is 0.0240. The number of aromatic nitrogens is 3. The van der Waals surface area contributed by atoms with E-state index < -0.39 is 5.60 Å². The van der Waals surface area contributed by atoms with E-state index in [1.54, 1.807) is 16.2 Å². The summed E-state index contributed by atoms with van der Waals surface area (Å²) >= 11 is 7.92. The van der Waals surface area contributed by atoms with Gasteiger partial charge in [-0.15, -0.1) is 11.3 Å². The van der Waals surface area contributed by atoms with E-state index in [9.17, 15) is 4.79 Å². The highest BCUT2D eigenvalue weighted by Gasteiger charge is 2.28. The second-order valence-corrected chi connectivity index (χ2v) is 10.5. The Labute approximate surface area is 201 Å². The molecule has 2 fully saturated rings. The first kappa shape index (κ1) is 22.4. The van der Waals surface area contributed by atoms with Crippen molar-refractivity contribution < 1.29 is 14.3 Å². The number of anilines is 2. The van der Waals surface area contributed by atoms with Crippen LogP contribution >= 0.6 is 22.9 Å². The van der Waals surface area contributed by atoms with Crippen molar-refractivity contribution in [2.45, 2.75) is 26.4 Å². The molecular weight excluding hydrogens is 464 g/mol. The van der Waals surface area contributed by atoms with E-state index in [4.69, 9.17) is 26.1 Å². The Kier molecular flexibility index (Phi) is 5.92. The van der Waals surface area contributed by atoms with E-state index in [1.807, 2.05) is 26.8 Å². The molecule has 2 aliphatic heterocycles. The first-order chi connectivity index (χ1) is 15.8. The molecule has 11 heteroatoms. The molecule has 176 valence electrons. The number of thiophene rings is 1. The zero-order valence-corrected chi connectivity index (χ0v) is 20.6. The maximum absolute atomic E-state index is 12.4. The van der Waals surface area contributed by atoms with E-state index in [-0.39, 0.29) is 11.4 Å². The van der Waals surface area contributed by atoms with Crippen LogP contribution in [0.2, 0.25) is 5.28 Å². The van der Waals surface area contributed by atoms with E-state index in [2.05, 4.69) is 25.8 Å². The SMILES string of the molecule is CC(C)(C)OC(=O)N1CCN(c2nc(Cl)nc3c2sc2nc(N4CCOCC4)ccc23)CC1. The van der Waals surface area contributed by atoms with Gasteiger partial charge in [-0.1, -0.05) is 0 Å². The topological polar surface area (TPSA) is 83.9 Å². The van der Waals surface area contributed by atoms with Crippen LogP contribution in [0.1, 0.15) is 20.8 Å². The number of hydrogen-bond donors (Lipinski definition) is 0. The summed E-state index contributed by atoms with van der Waals surface area (Å²) < 4.78 is 11.9. The molecule has 3 aromatic heterocycles. The quantitative estimate of drug-likeness (QED) is 0.502. The van der Waals surface area contributed by atoms with Gasteiger partial charge >= 0.3 is 6.09 Å². The van der Waals surface area contributed by atoms with Gasteiger partial charge in [-0.05, 0) is 44.5 Å². The highest BCUT2D eigenvalue weighted by molar-refractivity contribution is 7.26. The predicted octanol–water partition coefficient (Wildman–Crippen LogP) is 3.79. The van der Waals surface area contributed by atoms with Crippen LogP contribution in [-0.2, 0) is 9.47 Å². The second-order valence-electron chi connectivity index (χ2n) is 9.17. The van der Waals surface area contributed by atoms with Crippen molar-refractivity contribution in [3.05, 3.63) is 17.4 Å². The van der Waals surface area contributed by atoms with Gasteiger partial charge < -0.3 is 24.2 Å². The van der Waals surface area contributed by atoms with Gasteiger partial charge in [0, 0.05) is 44.7 Å². The third-order valence-electron chi connectivity index (χ3n) is 5.69. The maximum Gasteiger partial charge on any atom is 0.410 e. The molecule has 33 heavy (non-hydrogen) atoms. The molecule has 5 heterocycles. The fraction of sp³-hybridized carbons (Fsp3) is 0.545. The smallest absolute Gasteiger partial charge is 0.410 e. The summed E-state index contributed by atoms with van der Waals surface area (Å²) in [6, 6.07) is 4.11. The Morgan fingerprint density at radius 1 is 1.03 bits per heavy atom. The Hall–Kier alpha value is -2.43. The molecule has 9 nitrogen and oxygen atoms in total. The summed E-state index contributed by atoms with van der Waals surface area (Å²) in [6.45, 7) is 11.1. The molecule has 0 aliphatic carbocycles. The second kappa shape index (κ2) is 8.73. The van der Waals surface area contributed by atoms with E-state index in [0.717, 1.165) is 45.2 Å². The van der Waals surface area contributed by atoms with Crippen LogP contribution in [0.3, 0.4) is 0 Å².